The van der Waals surface area contributed by atoms with E-state index in [9.17, 15) is 29.4 Å². The summed E-state index contributed by atoms with van der Waals surface area (Å²) in [6.07, 6.45) is 0.394. The lowest BCUT2D eigenvalue weighted by molar-refractivity contribution is -0.141. The normalized spacial score (nSPS) is 10.9. The molecule has 4 N–H and O–H groups in total. The van der Waals surface area contributed by atoms with Crippen molar-refractivity contribution in [3.63, 3.8) is 0 Å². The summed E-state index contributed by atoms with van der Waals surface area (Å²) in [6.45, 7) is 6.19. The number of carbonyl (C=O) groups is 4. The number of nitrogens with one attached hydrogen (secondary N) is 2. The Labute approximate surface area is 213 Å². The maximum absolute atomic E-state index is 12.1. The Morgan fingerprint density at radius 1 is 0.757 bits per heavy atom. The highest BCUT2D eigenvalue weighted by Gasteiger charge is 2.31. The molecule has 0 saturated carbocycles. The van der Waals surface area contributed by atoms with Gasteiger partial charge in [0.15, 0.2) is 0 Å². The van der Waals surface area contributed by atoms with E-state index in [2.05, 4.69) is 9.97 Å². The Balaban J connectivity index is 2.19. The topological polar surface area (TPSA) is 159 Å². The number of H-pyrrole nitrogens is 2. The number of aromatic carboxylic acids is 2. The maximum Gasteiger partial charge on any atom is 0.352 e. The van der Waals surface area contributed by atoms with Crippen LogP contribution in [0.4, 0.5) is 0 Å². The zero-order valence-electron chi connectivity index (χ0n) is 21.1. The van der Waals surface area contributed by atoms with E-state index in [1.54, 1.807) is 13.8 Å². The smallest absolute Gasteiger partial charge is 0.352 e. The van der Waals surface area contributed by atoms with Crippen molar-refractivity contribution in [1.29, 1.82) is 0 Å². The number of aromatic amines is 2. The lowest BCUT2D eigenvalue weighted by Gasteiger charge is -2.19. The zero-order valence-corrected chi connectivity index (χ0v) is 21.1. The third-order valence-electron chi connectivity index (χ3n) is 6.29. The highest BCUT2D eigenvalue weighted by molar-refractivity contribution is 5.89. The number of carboxylic acid groups (broad SMARTS) is 2. The van der Waals surface area contributed by atoms with Crippen molar-refractivity contribution >= 4 is 23.9 Å². The van der Waals surface area contributed by atoms with Gasteiger partial charge < -0.3 is 29.7 Å². The van der Waals surface area contributed by atoms with Gasteiger partial charge in [0.1, 0.15) is 11.4 Å². The number of carboxylic acids is 2. The number of esters is 2. The number of hydrogen-bond acceptors (Lipinski definition) is 6. The monoisotopic (exact) mass is 510 g/mol. The molecule has 1 aromatic carbocycles. The van der Waals surface area contributed by atoms with E-state index in [-0.39, 0.29) is 37.4 Å². The first-order valence-electron chi connectivity index (χ1n) is 11.7. The minimum Gasteiger partial charge on any atom is -0.477 e. The van der Waals surface area contributed by atoms with Crippen LogP contribution in [0.1, 0.15) is 79.9 Å². The van der Waals surface area contributed by atoms with Crippen molar-refractivity contribution in [2.24, 2.45) is 0 Å². The third kappa shape index (κ3) is 6.08. The third-order valence-corrected chi connectivity index (χ3v) is 6.29. The summed E-state index contributed by atoms with van der Waals surface area (Å²) in [5.74, 6) is -3.79. The molecule has 0 aliphatic heterocycles. The van der Waals surface area contributed by atoms with Gasteiger partial charge >= 0.3 is 23.9 Å². The first-order valence-corrected chi connectivity index (χ1v) is 11.7. The predicted octanol–water partition coefficient (Wildman–Crippen LogP) is 3.75. The lowest BCUT2D eigenvalue weighted by atomic mass is 9.87. The molecule has 0 atom stereocenters. The van der Waals surface area contributed by atoms with Crippen molar-refractivity contribution < 1.29 is 38.9 Å². The minimum atomic E-state index is -1.16. The quantitative estimate of drug-likeness (QED) is 0.284. The molecule has 3 rings (SSSR count). The van der Waals surface area contributed by atoms with Crippen LogP contribution in [0.2, 0.25) is 0 Å². The second kappa shape index (κ2) is 11.6. The molecular formula is C27H30N2O8. The fraction of sp³-hybridized carbons (Fsp3) is 0.333. The van der Waals surface area contributed by atoms with E-state index < -0.39 is 29.8 Å². The molecule has 196 valence electrons. The lowest BCUT2D eigenvalue weighted by Crippen LogP contribution is -2.09. The second-order valence-electron chi connectivity index (χ2n) is 8.67. The molecule has 0 spiro atoms. The summed E-state index contributed by atoms with van der Waals surface area (Å²) in [4.78, 5) is 52.8. The van der Waals surface area contributed by atoms with Crippen LogP contribution in [0.15, 0.2) is 30.3 Å². The van der Waals surface area contributed by atoms with E-state index in [0.29, 0.717) is 33.6 Å². The molecule has 2 heterocycles. The molecular weight excluding hydrogens is 480 g/mol. The van der Waals surface area contributed by atoms with E-state index in [1.807, 2.05) is 30.3 Å². The molecule has 37 heavy (non-hydrogen) atoms. The Morgan fingerprint density at radius 3 is 1.51 bits per heavy atom. The minimum absolute atomic E-state index is 0.0154. The summed E-state index contributed by atoms with van der Waals surface area (Å²) in [5, 5.41) is 19.8. The first-order chi connectivity index (χ1) is 17.5. The number of benzene rings is 1. The molecule has 2 aromatic heterocycles. The van der Waals surface area contributed by atoms with Gasteiger partial charge in [-0.3, -0.25) is 9.59 Å². The van der Waals surface area contributed by atoms with Gasteiger partial charge in [-0.15, -0.1) is 0 Å². The molecule has 0 aliphatic rings. The molecule has 10 heteroatoms. The number of hydrogen-bond donors (Lipinski definition) is 4. The summed E-state index contributed by atoms with van der Waals surface area (Å²) in [6, 6.07) is 9.30. The van der Waals surface area contributed by atoms with Gasteiger partial charge in [-0.1, -0.05) is 30.3 Å². The van der Waals surface area contributed by atoms with Crippen LogP contribution in [0.25, 0.3) is 0 Å². The van der Waals surface area contributed by atoms with Crippen LogP contribution >= 0.6 is 0 Å². The number of rotatable bonds is 11. The average Bonchev–Trinajstić information content (AvgIpc) is 3.32. The van der Waals surface area contributed by atoms with Gasteiger partial charge in [-0.2, -0.15) is 0 Å². The van der Waals surface area contributed by atoms with Gasteiger partial charge in [0.05, 0.1) is 19.1 Å². The molecule has 0 fully saturated rings. The van der Waals surface area contributed by atoms with Crippen LogP contribution in [-0.4, -0.2) is 57.3 Å². The van der Waals surface area contributed by atoms with Crippen LogP contribution in [0.3, 0.4) is 0 Å². The Kier molecular flexibility index (Phi) is 8.54. The summed E-state index contributed by atoms with van der Waals surface area (Å²) < 4.78 is 10.1. The van der Waals surface area contributed by atoms with Crippen molar-refractivity contribution in [1.82, 2.24) is 9.97 Å². The molecule has 10 nitrogen and oxygen atoms in total. The van der Waals surface area contributed by atoms with E-state index in [0.717, 1.165) is 5.56 Å². The summed E-state index contributed by atoms with van der Waals surface area (Å²) in [5.41, 5.74) is 4.28. The van der Waals surface area contributed by atoms with Crippen LogP contribution in [-0.2, 0) is 31.9 Å². The average molecular weight is 511 g/mol. The Morgan fingerprint density at radius 2 is 1.16 bits per heavy atom. The van der Waals surface area contributed by atoms with Gasteiger partial charge in [0.25, 0.3) is 0 Å². The molecule has 0 saturated heterocycles. The van der Waals surface area contributed by atoms with Crippen molar-refractivity contribution in [2.75, 3.05) is 13.2 Å². The maximum atomic E-state index is 12.1. The predicted molar refractivity (Wildman–Crippen MR) is 133 cm³/mol. The molecule has 0 aliphatic carbocycles. The van der Waals surface area contributed by atoms with Gasteiger partial charge in [0.2, 0.25) is 0 Å². The van der Waals surface area contributed by atoms with Crippen LogP contribution < -0.4 is 0 Å². The largest absolute Gasteiger partial charge is 0.477 e. The molecule has 0 unspecified atom stereocenters. The number of carbonyl (C=O) groups excluding carboxylic acids is 2. The highest BCUT2D eigenvalue weighted by Crippen LogP contribution is 2.38. The number of aromatic nitrogens is 2. The van der Waals surface area contributed by atoms with E-state index in [4.69, 9.17) is 9.47 Å². The Hall–Kier alpha value is -4.34. The van der Waals surface area contributed by atoms with E-state index in [1.165, 1.54) is 13.8 Å². The zero-order chi connectivity index (χ0) is 27.3. The number of ether oxygens (including phenoxy) is 2. The molecule has 0 radical (unpaired) electrons. The van der Waals surface area contributed by atoms with Gasteiger partial charge in [0, 0.05) is 38.1 Å². The van der Waals surface area contributed by atoms with Crippen LogP contribution in [0.5, 0.6) is 0 Å². The van der Waals surface area contributed by atoms with Crippen molar-refractivity contribution in [3.8, 4) is 0 Å². The van der Waals surface area contributed by atoms with Gasteiger partial charge in [-0.05, 0) is 41.7 Å². The summed E-state index contributed by atoms with van der Waals surface area (Å²) in [7, 11) is 0. The molecule has 0 amide bonds. The SMILES string of the molecule is CC(=O)OCCc1c(C(=O)O)[nH]c(C(c2ccccc2)c2[nH]c(C(=O)O)c(CCOC(C)=O)c2C)c1C. The summed E-state index contributed by atoms with van der Waals surface area (Å²) >= 11 is 0. The van der Waals surface area contributed by atoms with Crippen molar-refractivity contribution in [2.45, 2.75) is 46.5 Å². The van der Waals surface area contributed by atoms with Crippen LogP contribution in [0, 0.1) is 13.8 Å². The van der Waals surface area contributed by atoms with Gasteiger partial charge in [-0.25, -0.2) is 9.59 Å². The Bertz CT molecular complexity index is 1240. The first kappa shape index (κ1) is 27.3. The highest BCUT2D eigenvalue weighted by atomic mass is 16.5. The second-order valence-corrected chi connectivity index (χ2v) is 8.67. The van der Waals surface area contributed by atoms with E-state index >= 15 is 0 Å². The molecule has 3 aromatic rings. The van der Waals surface area contributed by atoms with Crippen molar-refractivity contribution in [3.05, 3.63) is 80.9 Å². The standard InChI is InChI=1S/C27H30N2O8/c1-14-19(10-12-36-16(3)30)24(26(32)33)28-22(14)21(18-8-6-5-7-9-18)23-15(2)20(11-13-37-17(4)31)25(29-23)27(34)35/h5-9,21,28-29H,10-13H2,1-4H3,(H,32,33)(H,34,35). The fourth-order valence-electron chi connectivity index (χ4n) is 4.59. The molecule has 0 bridgehead atoms. The fourth-order valence-corrected chi connectivity index (χ4v) is 4.59.